The van der Waals surface area contributed by atoms with E-state index in [-0.39, 0.29) is 23.8 Å². The Hall–Kier alpha value is -2.80. The minimum absolute atomic E-state index is 0.0756. The van der Waals surface area contributed by atoms with Crippen molar-refractivity contribution in [2.45, 2.75) is 39.3 Å². The van der Waals surface area contributed by atoms with E-state index in [4.69, 9.17) is 4.98 Å². The Morgan fingerprint density at radius 2 is 2.03 bits per heavy atom. The number of aromatic nitrogens is 3. The number of amides is 1. The van der Waals surface area contributed by atoms with Crippen molar-refractivity contribution in [3.63, 3.8) is 0 Å². The van der Waals surface area contributed by atoms with Crippen LogP contribution >= 0.6 is 0 Å². The molecule has 30 heavy (non-hydrogen) atoms. The van der Waals surface area contributed by atoms with Crippen LogP contribution in [0.3, 0.4) is 0 Å². The third-order valence-corrected chi connectivity index (χ3v) is 5.74. The van der Waals surface area contributed by atoms with Gasteiger partial charge in [0.2, 0.25) is 0 Å². The summed E-state index contributed by atoms with van der Waals surface area (Å²) < 4.78 is 15.9. The second-order valence-electron chi connectivity index (χ2n) is 8.48. The molecule has 2 aromatic heterocycles. The molecular weight excluding hydrogens is 381 g/mol. The standard InChI is InChI=1S/C23H28FN5O/c1-15(2)29-14-17(12-25-29)22-11-20(19-10-18(24)6-7-21(19)26-22)23(30)28-9-5-8-27(4)13-16(28)3/h6-7,10-12,14-16H,5,8-9,13H2,1-4H3. The molecule has 0 saturated carbocycles. The quantitative estimate of drug-likeness (QED) is 0.657. The highest BCUT2D eigenvalue weighted by molar-refractivity contribution is 6.07. The van der Waals surface area contributed by atoms with E-state index in [1.807, 2.05) is 15.8 Å². The summed E-state index contributed by atoms with van der Waals surface area (Å²) in [5.41, 5.74) is 2.61. The van der Waals surface area contributed by atoms with E-state index >= 15 is 0 Å². The van der Waals surface area contributed by atoms with E-state index < -0.39 is 0 Å². The molecule has 0 radical (unpaired) electrons. The highest BCUT2D eigenvalue weighted by Gasteiger charge is 2.27. The number of halogens is 1. The van der Waals surface area contributed by atoms with Gasteiger partial charge in [-0.05, 0) is 65.0 Å². The maximum absolute atomic E-state index is 14.1. The molecule has 3 heterocycles. The van der Waals surface area contributed by atoms with Gasteiger partial charge in [-0.3, -0.25) is 9.48 Å². The van der Waals surface area contributed by atoms with Crippen molar-refractivity contribution in [1.82, 2.24) is 24.6 Å². The Kier molecular flexibility index (Phi) is 5.56. The van der Waals surface area contributed by atoms with Crippen molar-refractivity contribution >= 4 is 16.8 Å². The SMILES string of the molecule is CC1CN(C)CCCN1C(=O)c1cc(-c2cnn(C(C)C)c2)nc2ccc(F)cc12. The van der Waals surface area contributed by atoms with Gasteiger partial charge in [-0.2, -0.15) is 5.10 Å². The maximum atomic E-state index is 14.1. The average Bonchev–Trinajstić information content (AvgIpc) is 3.14. The number of pyridine rings is 1. The lowest BCUT2D eigenvalue weighted by atomic mass is 10.0. The molecule has 1 amide bonds. The minimum Gasteiger partial charge on any atom is -0.335 e. The van der Waals surface area contributed by atoms with E-state index in [9.17, 15) is 9.18 Å². The fraction of sp³-hybridized carbons (Fsp3) is 0.435. The summed E-state index contributed by atoms with van der Waals surface area (Å²) in [6.45, 7) is 8.64. The average molecular weight is 410 g/mol. The molecule has 1 aliphatic rings. The van der Waals surface area contributed by atoms with Crippen molar-refractivity contribution in [2.24, 2.45) is 0 Å². The highest BCUT2D eigenvalue weighted by atomic mass is 19.1. The van der Waals surface area contributed by atoms with Crippen LogP contribution in [-0.2, 0) is 0 Å². The van der Waals surface area contributed by atoms with Crippen LogP contribution < -0.4 is 0 Å². The molecule has 0 N–H and O–H groups in total. The number of carbonyl (C=O) groups is 1. The van der Waals surface area contributed by atoms with Gasteiger partial charge in [0.1, 0.15) is 5.82 Å². The topological polar surface area (TPSA) is 54.3 Å². The van der Waals surface area contributed by atoms with Crippen molar-refractivity contribution in [3.8, 4) is 11.3 Å². The summed E-state index contributed by atoms with van der Waals surface area (Å²) >= 11 is 0. The summed E-state index contributed by atoms with van der Waals surface area (Å²) in [6.07, 6.45) is 4.60. The maximum Gasteiger partial charge on any atom is 0.254 e. The van der Waals surface area contributed by atoms with Crippen LogP contribution in [0.2, 0.25) is 0 Å². The van der Waals surface area contributed by atoms with Crippen LogP contribution in [0.4, 0.5) is 4.39 Å². The predicted octanol–water partition coefficient (Wildman–Crippen LogP) is 3.98. The lowest BCUT2D eigenvalue weighted by Crippen LogP contribution is -2.42. The van der Waals surface area contributed by atoms with Gasteiger partial charge in [-0.1, -0.05) is 0 Å². The van der Waals surface area contributed by atoms with Crippen LogP contribution in [0.15, 0.2) is 36.7 Å². The number of carbonyl (C=O) groups excluding carboxylic acids is 1. The van der Waals surface area contributed by atoms with Crippen LogP contribution in [-0.4, -0.2) is 63.2 Å². The summed E-state index contributed by atoms with van der Waals surface area (Å²) in [6, 6.07) is 6.52. The summed E-state index contributed by atoms with van der Waals surface area (Å²) in [7, 11) is 2.08. The number of hydrogen-bond acceptors (Lipinski definition) is 4. The molecule has 1 aromatic carbocycles. The van der Waals surface area contributed by atoms with Gasteiger partial charge in [0.25, 0.3) is 5.91 Å². The monoisotopic (exact) mass is 409 g/mol. The normalized spacial score (nSPS) is 18.2. The second kappa shape index (κ2) is 8.14. The Morgan fingerprint density at radius 3 is 2.77 bits per heavy atom. The summed E-state index contributed by atoms with van der Waals surface area (Å²) in [5, 5.41) is 4.95. The van der Waals surface area contributed by atoms with Crippen molar-refractivity contribution in [3.05, 3.63) is 48.0 Å². The Labute approximate surface area is 176 Å². The number of benzene rings is 1. The van der Waals surface area contributed by atoms with Gasteiger partial charge in [-0.25, -0.2) is 9.37 Å². The lowest BCUT2D eigenvalue weighted by molar-refractivity contribution is 0.0698. The zero-order chi connectivity index (χ0) is 21.4. The van der Waals surface area contributed by atoms with E-state index in [1.165, 1.54) is 12.1 Å². The zero-order valence-corrected chi connectivity index (χ0v) is 18.0. The third-order valence-electron chi connectivity index (χ3n) is 5.74. The largest absolute Gasteiger partial charge is 0.335 e. The third kappa shape index (κ3) is 3.94. The lowest BCUT2D eigenvalue weighted by Gasteiger charge is -2.28. The molecule has 6 nitrogen and oxygen atoms in total. The molecule has 1 aliphatic heterocycles. The molecular formula is C23H28FN5O. The van der Waals surface area contributed by atoms with Crippen LogP contribution in [0, 0.1) is 5.82 Å². The molecule has 1 fully saturated rings. The second-order valence-corrected chi connectivity index (χ2v) is 8.48. The molecule has 0 spiro atoms. The van der Waals surface area contributed by atoms with Crippen LogP contribution in [0.1, 0.15) is 43.6 Å². The fourth-order valence-electron chi connectivity index (χ4n) is 4.10. The van der Waals surface area contributed by atoms with Crippen molar-refractivity contribution < 1.29 is 9.18 Å². The van der Waals surface area contributed by atoms with Gasteiger partial charge in [-0.15, -0.1) is 0 Å². The van der Waals surface area contributed by atoms with Gasteiger partial charge < -0.3 is 9.80 Å². The van der Waals surface area contributed by atoms with Crippen molar-refractivity contribution in [2.75, 3.05) is 26.7 Å². The Bertz CT molecular complexity index is 1080. The molecule has 7 heteroatoms. The van der Waals surface area contributed by atoms with E-state index in [0.717, 1.165) is 25.1 Å². The number of fused-ring (bicyclic) bond motifs is 1. The number of nitrogens with zero attached hydrogens (tertiary/aromatic N) is 5. The van der Waals surface area contributed by atoms with Gasteiger partial charge in [0, 0.05) is 42.3 Å². The first-order valence-corrected chi connectivity index (χ1v) is 10.5. The van der Waals surface area contributed by atoms with E-state index in [0.29, 0.717) is 28.7 Å². The molecule has 1 unspecified atom stereocenters. The summed E-state index contributed by atoms with van der Waals surface area (Å²) in [4.78, 5) is 22.5. The highest BCUT2D eigenvalue weighted by Crippen LogP contribution is 2.28. The number of hydrogen-bond donors (Lipinski definition) is 0. The molecule has 1 saturated heterocycles. The molecule has 1 atom stereocenters. The predicted molar refractivity (Wildman–Crippen MR) is 116 cm³/mol. The van der Waals surface area contributed by atoms with Gasteiger partial charge in [0.05, 0.1) is 23.0 Å². The van der Waals surface area contributed by atoms with E-state index in [2.05, 4.69) is 37.8 Å². The molecule has 0 aliphatic carbocycles. The van der Waals surface area contributed by atoms with Gasteiger partial charge >= 0.3 is 0 Å². The first-order valence-electron chi connectivity index (χ1n) is 10.5. The molecule has 158 valence electrons. The smallest absolute Gasteiger partial charge is 0.254 e. The van der Waals surface area contributed by atoms with E-state index in [1.54, 1.807) is 18.3 Å². The summed E-state index contributed by atoms with van der Waals surface area (Å²) in [5.74, 6) is -0.448. The van der Waals surface area contributed by atoms with Crippen LogP contribution in [0.5, 0.6) is 0 Å². The Morgan fingerprint density at radius 1 is 1.23 bits per heavy atom. The first-order chi connectivity index (χ1) is 14.3. The van der Waals surface area contributed by atoms with Gasteiger partial charge in [0.15, 0.2) is 0 Å². The molecule has 4 rings (SSSR count). The first kappa shape index (κ1) is 20.5. The molecule has 0 bridgehead atoms. The minimum atomic E-state index is -0.373. The Balaban J connectivity index is 1.82. The molecule has 3 aromatic rings. The fourth-order valence-corrected chi connectivity index (χ4v) is 4.10. The number of rotatable bonds is 3. The zero-order valence-electron chi connectivity index (χ0n) is 18.0. The number of likely N-dealkylation sites (N-methyl/N-ethyl adjacent to an activating group) is 1. The van der Waals surface area contributed by atoms with Crippen molar-refractivity contribution in [1.29, 1.82) is 0 Å². The van der Waals surface area contributed by atoms with Crippen LogP contribution in [0.25, 0.3) is 22.2 Å².